The van der Waals surface area contributed by atoms with Gasteiger partial charge in [0.2, 0.25) is 0 Å². The fraction of sp³-hybridized carbons (Fsp3) is 0.422. The second kappa shape index (κ2) is 21.8. The predicted molar refractivity (Wildman–Crippen MR) is 321 cm³/mol. The molecule has 5 aliphatic rings. The van der Waals surface area contributed by atoms with E-state index in [0.29, 0.717) is 75.4 Å². The van der Waals surface area contributed by atoms with Gasteiger partial charge in [-0.3, -0.25) is 14.9 Å². The molecule has 3 N–H and O–H groups in total. The van der Waals surface area contributed by atoms with Gasteiger partial charge in [-0.2, -0.15) is 9.97 Å². The molecule has 5 atom stereocenters. The third-order valence-corrected chi connectivity index (χ3v) is 18.2. The molecule has 85 heavy (non-hydrogen) atoms. The van der Waals surface area contributed by atoms with E-state index in [-0.39, 0.29) is 112 Å². The Bertz CT molecular complexity index is 4120. The van der Waals surface area contributed by atoms with E-state index >= 15 is 8.78 Å². The Balaban J connectivity index is 0.829. The molecule has 21 heteroatoms. The van der Waals surface area contributed by atoms with Crippen molar-refractivity contribution in [3.63, 3.8) is 0 Å². The predicted octanol–water partition coefficient (Wildman–Crippen LogP) is 9.64. The number of aromatic nitrogens is 4. The van der Waals surface area contributed by atoms with Gasteiger partial charge < -0.3 is 48.6 Å². The minimum Gasteiger partial charge on any atom is -0.486 e. The van der Waals surface area contributed by atoms with Crippen LogP contribution in [0.4, 0.5) is 24.4 Å². The van der Waals surface area contributed by atoms with Gasteiger partial charge in [0.05, 0.1) is 39.3 Å². The lowest BCUT2D eigenvalue weighted by atomic mass is 9.86. The molecular formula is C64H67F2N9O9S. The number of thiophene rings is 1. The van der Waals surface area contributed by atoms with E-state index in [1.165, 1.54) is 6.07 Å². The van der Waals surface area contributed by atoms with Crippen molar-refractivity contribution in [3.8, 4) is 46.1 Å². The molecule has 2 unspecified atom stereocenters. The van der Waals surface area contributed by atoms with Gasteiger partial charge in [0, 0.05) is 82.7 Å². The molecule has 4 aromatic heterocycles. The number of aryl methyl sites for hydroxylation is 1. The van der Waals surface area contributed by atoms with E-state index in [4.69, 9.17) is 33.9 Å². The third kappa shape index (κ3) is 10.1. The Morgan fingerprint density at radius 1 is 1.06 bits per heavy atom. The van der Waals surface area contributed by atoms with Gasteiger partial charge in [0.25, 0.3) is 11.5 Å². The SMILES string of the molecule is C=C(C(=O)N1CCN(c2nc(OC[C@@H]3CCCN3C)nc3c(F)c(-c4ccc(F)c5sc(NC(=O)OC(C)(C)C)c(C#CC)c45)c(C4CN4)cc23)[C@@H](C)C1)C(C)Oc1ccc2nc3c(c(CC)c2c1)Cn1c-3cc2c(c1=O)COC(=O)[C@]2(O)CC. The van der Waals surface area contributed by atoms with Crippen LogP contribution in [-0.2, 0) is 44.2 Å². The number of likely N-dealkylation sites (N-methyl/N-ethyl adjacent to an activating group) is 1. The van der Waals surface area contributed by atoms with Crippen LogP contribution in [0.2, 0.25) is 0 Å². The molecule has 3 saturated heterocycles. The van der Waals surface area contributed by atoms with Crippen LogP contribution in [-0.4, -0.2) is 123 Å². The monoisotopic (exact) mass is 1180 g/mol. The van der Waals surface area contributed by atoms with Gasteiger partial charge in [-0.15, -0.1) is 17.3 Å². The number of cyclic esters (lactones) is 1. The summed E-state index contributed by atoms with van der Waals surface area (Å²) in [5.74, 6) is 4.63. The zero-order valence-corrected chi connectivity index (χ0v) is 49.9. The van der Waals surface area contributed by atoms with Crippen molar-refractivity contribution in [1.82, 2.24) is 34.6 Å². The number of anilines is 2. The molecule has 12 rings (SSSR count). The number of benzene rings is 3. The molecule has 442 valence electrons. The Morgan fingerprint density at radius 3 is 2.54 bits per heavy atom. The van der Waals surface area contributed by atoms with E-state index in [2.05, 4.69) is 38.9 Å². The lowest BCUT2D eigenvalue weighted by Gasteiger charge is -2.41. The molecule has 0 spiro atoms. The number of ether oxygens (including phenoxy) is 4. The first kappa shape index (κ1) is 57.4. The van der Waals surface area contributed by atoms with Gasteiger partial charge >= 0.3 is 18.1 Å². The van der Waals surface area contributed by atoms with Crippen LogP contribution in [0.5, 0.6) is 11.8 Å². The molecule has 0 saturated carbocycles. The summed E-state index contributed by atoms with van der Waals surface area (Å²) in [7, 11) is 2.04. The van der Waals surface area contributed by atoms with Gasteiger partial charge in [-0.1, -0.05) is 32.4 Å². The Morgan fingerprint density at radius 2 is 1.85 bits per heavy atom. The van der Waals surface area contributed by atoms with Gasteiger partial charge in [-0.25, -0.2) is 23.4 Å². The zero-order chi connectivity index (χ0) is 60.1. The molecule has 0 aliphatic carbocycles. The van der Waals surface area contributed by atoms with E-state index in [9.17, 15) is 24.3 Å². The Kier molecular flexibility index (Phi) is 14.7. The number of nitrogens with one attached hydrogen (secondary N) is 2. The Labute approximate surface area is 494 Å². The van der Waals surface area contributed by atoms with Crippen molar-refractivity contribution in [1.29, 1.82) is 0 Å². The standard InChI is InChI=1S/C64H67F2N9O9S/c1-11-15-39-51-38(18-19-46(65)55(51)85-57(39)71-62(79)84-63(7,8)9)50-41(48-27-67-48)25-42-54(52(50)66)69-61(82-30-35-16-14-21-72(35)10)70-56(42)74-23-22-73(28-32(74)4)58(76)33(5)34(6)83-36-17-20-47-40(24-36)37(12-2)43-29-75-49(53(43)68-47)26-45-44(59(75)77)31-81-60(78)64(45,80)13-3/h17-20,24-26,32,34-35,48,67,80H,5,12-14,16,21-23,27-31H2,1-4,6-10H3,(H,71,79)/t32-,34?,35-,48?,64-/m0/s1. The number of aliphatic hydroxyl groups is 1. The maximum Gasteiger partial charge on any atom is 0.412 e. The number of hydrogen-bond acceptors (Lipinski definition) is 16. The van der Waals surface area contributed by atoms with Gasteiger partial charge in [0.15, 0.2) is 11.4 Å². The number of piperazine rings is 1. The molecule has 3 fully saturated rings. The highest BCUT2D eigenvalue weighted by atomic mass is 32.1. The first-order chi connectivity index (χ1) is 40.6. The number of pyridine rings is 2. The number of carbonyl (C=O) groups is 3. The topological polar surface area (TPSA) is 213 Å². The number of esters is 1. The number of carbonyl (C=O) groups excluding carboxylic acids is 3. The number of likely N-dealkylation sites (tertiary alicyclic amines) is 1. The number of halogens is 2. The van der Waals surface area contributed by atoms with E-state index < -0.39 is 41.0 Å². The first-order valence-electron chi connectivity index (χ1n) is 28.9. The average molecular weight is 1180 g/mol. The van der Waals surface area contributed by atoms with Gasteiger partial charge in [-0.05, 0) is 134 Å². The minimum atomic E-state index is -1.94. The fourth-order valence-electron chi connectivity index (χ4n) is 12.5. The smallest absolute Gasteiger partial charge is 0.412 e. The van der Waals surface area contributed by atoms with Crippen LogP contribution in [0.1, 0.15) is 114 Å². The summed E-state index contributed by atoms with van der Waals surface area (Å²) in [6, 6.07) is 11.5. The van der Waals surface area contributed by atoms with Crippen molar-refractivity contribution < 1.29 is 47.2 Å². The Hall–Kier alpha value is -8.03. The van der Waals surface area contributed by atoms with Crippen molar-refractivity contribution >= 4 is 72.0 Å². The van der Waals surface area contributed by atoms with Crippen LogP contribution in [0, 0.1) is 23.5 Å². The summed E-state index contributed by atoms with van der Waals surface area (Å²) < 4.78 is 59.8. The summed E-state index contributed by atoms with van der Waals surface area (Å²) in [5.41, 5.74) is 2.81. The number of amides is 2. The molecule has 0 bridgehead atoms. The molecule has 0 radical (unpaired) electrons. The molecule has 7 aromatic rings. The summed E-state index contributed by atoms with van der Waals surface area (Å²) in [6.07, 6.45) is 1.10. The zero-order valence-electron chi connectivity index (χ0n) is 49.1. The summed E-state index contributed by atoms with van der Waals surface area (Å²) in [6.45, 7) is 21.2. The molecule has 2 amide bonds. The van der Waals surface area contributed by atoms with Gasteiger partial charge in [0.1, 0.15) is 52.8 Å². The van der Waals surface area contributed by atoms with Crippen molar-refractivity contribution in [2.24, 2.45) is 0 Å². The normalized spacial score (nSPS) is 20.4. The summed E-state index contributed by atoms with van der Waals surface area (Å²) >= 11 is 0.999. The van der Waals surface area contributed by atoms with Crippen LogP contribution >= 0.6 is 11.3 Å². The highest BCUT2D eigenvalue weighted by Crippen LogP contribution is 2.48. The summed E-state index contributed by atoms with van der Waals surface area (Å²) in [4.78, 5) is 75.2. The third-order valence-electron chi connectivity index (χ3n) is 17.1. The van der Waals surface area contributed by atoms with Crippen molar-refractivity contribution in [2.75, 3.05) is 56.6 Å². The minimum absolute atomic E-state index is 0.00468. The van der Waals surface area contributed by atoms with Crippen LogP contribution in [0.15, 0.2) is 59.4 Å². The van der Waals surface area contributed by atoms with Crippen molar-refractivity contribution in [2.45, 2.75) is 130 Å². The number of hydrogen-bond donors (Lipinski definition) is 3. The largest absolute Gasteiger partial charge is 0.486 e. The van der Waals surface area contributed by atoms with Crippen LogP contribution in [0.3, 0.4) is 0 Å². The second-order valence-corrected chi connectivity index (χ2v) is 24.7. The van der Waals surface area contributed by atoms with Crippen LogP contribution < -0.4 is 30.6 Å². The maximum atomic E-state index is 18.3. The highest BCUT2D eigenvalue weighted by molar-refractivity contribution is 7.23. The van der Waals surface area contributed by atoms with Crippen LogP contribution in [0.25, 0.3) is 54.4 Å². The lowest BCUT2D eigenvalue weighted by molar-refractivity contribution is -0.172. The molecule has 5 aliphatic heterocycles. The molecule has 18 nitrogen and oxygen atoms in total. The van der Waals surface area contributed by atoms with Crippen molar-refractivity contribution in [3.05, 3.63) is 110 Å². The number of fused-ring (bicyclic) bond motifs is 7. The van der Waals surface area contributed by atoms with E-state index in [0.717, 1.165) is 47.2 Å². The van der Waals surface area contributed by atoms with E-state index in [1.54, 1.807) is 69.2 Å². The number of nitrogens with zero attached hydrogens (tertiary/aromatic N) is 7. The van der Waals surface area contributed by atoms with E-state index in [1.807, 2.05) is 39.1 Å². The molecule has 3 aromatic carbocycles. The average Bonchev–Trinajstić information content (AvgIpc) is 3.88. The second-order valence-electron chi connectivity index (χ2n) is 23.7. The summed E-state index contributed by atoms with van der Waals surface area (Å²) in [5, 5.41) is 19.4. The molecule has 9 heterocycles. The quantitative estimate of drug-likeness (QED) is 0.0424. The fourth-order valence-corrected chi connectivity index (χ4v) is 13.6. The highest BCUT2D eigenvalue weighted by Gasteiger charge is 2.46. The lowest BCUT2D eigenvalue weighted by Crippen LogP contribution is -2.54. The number of rotatable bonds is 13. The maximum absolute atomic E-state index is 18.3. The molecular weight excluding hydrogens is 1110 g/mol. The first-order valence-corrected chi connectivity index (χ1v) is 29.7.